The van der Waals surface area contributed by atoms with Gasteiger partial charge in [0.1, 0.15) is 12.1 Å². The van der Waals surface area contributed by atoms with Crippen LogP contribution in [0.1, 0.15) is 25.0 Å². The van der Waals surface area contributed by atoms with Gasteiger partial charge in [-0.1, -0.05) is 60.7 Å². The number of rotatable bonds is 8. The van der Waals surface area contributed by atoms with Gasteiger partial charge in [0, 0.05) is 25.9 Å². The average Bonchev–Trinajstić information content (AvgIpc) is 2.80. The second kappa shape index (κ2) is 10.9. The van der Waals surface area contributed by atoms with Crippen LogP contribution < -0.4 is 5.73 Å². The number of hydrogen-bond donors (Lipinski definition) is 1. The van der Waals surface area contributed by atoms with E-state index in [1.807, 2.05) is 60.7 Å². The quantitative estimate of drug-likeness (QED) is 0.636. The maximum absolute atomic E-state index is 13.7. The van der Waals surface area contributed by atoms with Crippen LogP contribution in [0.2, 0.25) is 0 Å². The molecule has 0 aliphatic carbocycles. The van der Waals surface area contributed by atoms with Crippen molar-refractivity contribution in [2.24, 2.45) is 5.73 Å². The second-order valence-electron chi connectivity index (χ2n) is 8.02. The molecule has 1 fully saturated rings. The van der Waals surface area contributed by atoms with Crippen molar-refractivity contribution >= 4 is 17.8 Å². The third-order valence-electron chi connectivity index (χ3n) is 5.68. The fraction of sp³-hybridized carbons (Fsp3) is 0.400. The van der Waals surface area contributed by atoms with E-state index in [0.29, 0.717) is 19.4 Å². The van der Waals surface area contributed by atoms with Gasteiger partial charge in [0.15, 0.2) is 0 Å². The Morgan fingerprint density at radius 1 is 1.03 bits per heavy atom. The van der Waals surface area contributed by atoms with E-state index in [2.05, 4.69) is 0 Å². The van der Waals surface area contributed by atoms with Crippen molar-refractivity contribution in [1.82, 2.24) is 9.80 Å². The van der Waals surface area contributed by atoms with Gasteiger partial charge in [0.25, 0.3) is 0 Å². The monoisotopic (exact) mass is 437 g/mol. The van der Waals surface area contributed by atoms with E-state index in [1.54, 1.807) is 23.6 Å². The smallest absolute Gasteiger partial charge is 0.329 e. The highest BCUT2D eigenvalue weighted by Crippen LogP contribution is 2.22. The fourth-order valence-corrected chi connectivity index (χ4v) is 4.07. The van der Waals surface area contributed by atoms with Gasteiger partial charge in [-0.05, 0) is 25.0 Å². The lowest BCUT2D eigenvalue weighted by Gasteiger charge is -2.43. The number of esters is 1. The Kier molecular flexibility index (Phi) is 8.00. The normalized spacial score (nSPS) is 18.2. The molecule has 2 aromatic carbocycles. The molecule has 3 rings (SSSR count). The van der Waals surface area contributed by atoms with Gasteiger partial charge < -0.3 is 20.3 Å². The Morgan fingerprint density at radius 3 is 2.19 bits per heavy atom. The zero-order valence-corrected chi connectivity index (χ0v) is 18.6. The molecule has 0 spiro atoms. The van der Waals surface area contributed by atoms with Crippen LogP contribution >= 0.6 is 0 Å². The van der Waals surface area contributed by atoms with Gasteiger partial charge in [-0.2, -0.15) is 0 Å². The first-order valence-corrected chi connectivity index (χ1v) is 11.0. The number of ether oxygens (including phenoxy) is 1. The number of carbonyl (C=O) groups excluding carboxylic acids is 3. The number of carbonyl (C=O) groups is 3. The van der Waals surface area contributed by atoms with E-state index in [9.17, 15) is 14.4 Å². The minimum atomic E-state index is -0.754. The van der Waals surface area contributed by atoms with E-state index < -0.39 is 24.1 Å². The minimum absolute atomic E-state index is 0.231. The standard InChI is InChI=1S/C25H31N3O4/c1-3-32-25(31)22(17-20-12-8-5-9-13-20)28-15-14-27(23(29)18(2)26)21(24(28)30)16-19-10-6-4-7-11-19/h4-13,18,21-22H,3,14-17,26H2,1-2H3/t18-,21+,22+/m1/s1. The summed E-state index contributed by atoms with van der Waals surface area (Å²) in [6.45, 7) is 4.16. The zero-order chi connectivity index (χ0) is 23.1. The van der Waals surface area contributed by atoms with Crippen LogP contribution in [0.25, 0.3) is 0 Å². The lowest BCUT2D eigenvalue weighted by molar-refractivity contribution is -0.162. The van der Waals surface area contributed by atoms with Crippen molar-refractivity contribution in [3.63, 3.8) is 0 Å². The molecule has 7 nitrogen and oxygen atoms in total. The Morgan fingerprint density at radius 2 is 1.62 bits per heavy atom. The number of amides is 2. The van der Waals surface area contributed by atoms with Crippen molar-refractivity contribution in [2.75, 3.05) is 19.7 Å². The maximum Gasteiger partial charge on any atom is 0.329 e. The molecule has 0 bridgehead atoms. The summed E-state index contributed by atoms with van der Waals surface area (Å²) >= 11 is 0. The Bertz CT molecular complexity index is 917. The van der Waals surface area contributed by atoms with Crippen molar-refractivity contribution < 1.29 is 19.1 Å². The minimum Gasteiger partial charge on any atom is -0.464 e. The molecule has 3 atom stereocenters. The summed E-state index contributed by atoms with van der Waals surface area (Å²) in [6, 6.07) is 16.9. The van der Waals surface area contributed by atoms with Crippen LogP contribution in [-0.4, -0.2) is 65.4 Å². The second-order valence-corrected chi connectivity index (χ2v) is 8.02. The molecule has 0 aromatic heterocycles. The zero-order valence-electron chi connectivity index (χ0n) is 18.6. The maximum atomic E-state index is 13.7. The number of benzene rings is 2. The van der Waals surface area contributed by atoms with Crippen LogP contribution in [0.4, 0.5) is 0 Å². The number of hydrogen-bond acceptors (Lipinski definition) is 5. The van der Waals surface area contributed by atoms with Crippen LogP contribution in [0.5, 0.6) is 0 Å². The molecular formula is C25H31N3O4. The topological polar surface area (TPSA) is 92.9 Å². The molecule has 2 N–H and O–H groups in total. The van der Waals surface area contributed by atoms with Gasteiger partial charge in [0.05, 0.1) is 12.6 Å². The largest absolute Gasteiger partial charge is 0.464 e. The Labute approximate surface area is 189 Å². The van der Waals surface area contributed by atoms with Gasteiger partial charge in [-0.3, -0.25) is 9.59 Å². The van der Waals surface area contributed by atoms with E-state index in [-0.39, 0.29) is 25.0 Å². The number of nitrogens with zero attached hydrogens (tertiary/aromatic N) is 2. The fourth-order valence-electron chi connectivity index (χ4n) is 4.07. The summed E-state index contributed by atoms with van der Waals surface area (Å²) < 4.78 is 5.31. The van der Waals surface area contributed by atoms with Gasteiger partial charge in [0.2, 0.25) is 11.8 Å². The first-order chi connectivity index (χ1) is 15.4. The molecule has 0 radical (unpaired) electrons. The molecule has 0 saturated carbocycles. The van der Waals surface area contributed by atoms with Crippen molar-refractivity contribution in [3.05, 3.63) is 71.8 Å². The molecule has 170 valence electrons. The van der Waals surface area contributed by atoms with E-state index in [0.717, 1.165) is 11.1 Å². The summed E-state index contributed by atoms with van der Waals surface area (Å²) in [6.07, 6.45) is 0.709. The molecule has 0 unspecified atom stereocenters. The molecule has 1 aliphatic heterocycles. The van der Waals surface area contributed by atoms with Crippen LogP contribution in [0, 0.1) is 0 Å². The SMILES string of the molecule is CCOC(=O)[C@H](Cc1ccccc1)N1CCN(C(=O)[C@@H](C)N)[C@@H](Cc2ccccc2)C1=O. The summed E-state index contributed by atoms with van der Waals surface area (Å²) in [5, 5.41) is 0. The number of piperazine rings is 1. The first kappa shape index (κ1) is 23.5. The van der Waals surface area contributed by atoms with Gasteiger partial charge in [-0.25, -0.2) is 4.79 Å². The molecule has 32 heavy (non-hydrogen) atoms. The Balaban J connectivity index is 1.91. The third kappa shape index (κ3) is 5.53. The highest BCUT2D eigenvalue weighted by molar-refractivity contribution is 5.93. The summed E-state index contributed by atoms with van der Waals surface area (Å²) in [5.74, 6) is -0.965. The van der Waals surface area contributed by atoms with E-state index in [4.69, 9.17) is 10.5 Å². The molecule has 7 heteroatoms. The average molecular weight is 438 g/mol. The lowest BCUT2D eigenvalue weighted by Crippen LogP contribution is -2.64. The van der Waals surface area contributed by atoms with Crippen molar-refractivity contribution in [2.45, 2.75) is 44.8 Å². The van der Waals surface area contributed by atoms with Gasteiger partial charge >= 0.3 is 5.97 Å². The van der Waals surface area contributed by atoms with E-state index in [1.165, 1.54) is 0 Å². The van der Waals surface area contributed by atoms with Crippen molar-refractivity contribution in [1.29, 1.82) is 0 Å². The summed E-state index contributed by atoms with van der Waals surface area (Å²) in [5.41, 5.74) is 7.74. The predicted molar refractivity (Wildman–Crippen MR) is 122 cm³/mol. The lowest BCUT2D eigenvalue weighted by atomic mass is 9.97. The highest BCUT2D eigenvalue weighted by Gasteiger charge is 2.42. The molecule has 1 aliphatic rings. The third-order valence-corrected chi connectivity index (χ3v) is 5.68. The first-order valence-electron chi connectivity index (χ1n) is 11.0. The summed E-state index contributed by atoms with van der Waals surface area (Å²) in [4.78, 5) is 42.5. The molecule has 1 saturated heterocycles. The molecule has 1 heterocycles. The molecule has 2 amide bonds. The van der Waals surface area contributed by atoms with Crippen LogP contribution in [0.3, 0.4) is 0 Å². The molecular weight excluding hydrogens is 406 g/mol. The number of nitrogens with two attached hydrogens (primary N) is 1. The van der Waals surface area contributed by atoms with Gasteiger partial charge in [-0.15, -0.1) is 0 Å². The predicted octanol–water partition coefficient (Wildman–Crippen LogP) is 1.79. The summed E-state index contributed by atoms with van der Waals surface area (Å²) in [7, 11) is 0. The highest BCUT2D eigenvalue weighted by atomic mass is 16.5. The van der Waals surface area contributed by atoms with Crippen LogP contribution in [-0.2, 0) is 32.0 Å². The van der Waals surface area contributed by atoms with E-state index >= 15 is 0 Å². The molecule has 2 aromatic rings. The van der Waals surface area contributed by atoms with Crippen LogP contribution in [0.15, 0.2) is 60.7 Å². The Hall–Kier alpha value is -3.19. The van der Waals surface area contributed by atoms with Crippen molar-refractivity contribution in [3.8, 4) is 0 Å².